The second kappa shape index (κ2) is 9.16. The summed E-state index contributed by atoms with van der Waals surface area (Å²) in [4.78, 5) is 18.6. The molecule has 7 nitrogen and oxygen atoms in total. The molecule has 1 amide bonds. The van der Waals surface area contributed by atoms with Crippen LogP contribution in [-0.4, -0.2) is 55.0 Å². The summed E-state index contributed by atoms with van der Waals surface area (Å²) in [6, 6.07) is 4.24. The molecule has 0 radical (unpaired) electrons. The Labute approximate surface area is 202 Å². The van der Waals surface area contributed by atoms with Gasteiger partial charge >= 0.3 is 6.09 Å². The Morgan fingerprint density at radius 2 is 1.97 bits per heavy atom. The van der Waals surface area contributed by atoms with Gasteiger partial charge in [-0.1, -0.05) is 6.08 Å². The molecule has 1 fully saturated rings. The monoisotopic (exact) mass is 513 g/mol. The number of nitrogens with zero attached hydrogens (tertiary/aromatic N) is 2. The average Bonchev–Trinajstić information content (AvgIpc) is 3.17. The van der Waals surface area contributed by atoms with E-state index >= 15 is 0 Å². The van der Waals surface area contributed by atoms with E-state index in [-0.39, 0.29) is 36.7 Å². The van der Waals surface area contributed by atoms with Gasteiger partial charge in [-0.25, -0.2) is 31.7 Å². The zero-order chi connectivity index (χ0) is 24.7. The topological polar surface area (TPSA) is 88.6 Å². The molecule has 1 aromatic carbocycles. The number of ether oxygens (including phenoxy) is 1. The van der Waals surface area contributed by atoms with E-state index in [9.17, 15) is 22.0 Å². The summed E-state index contributed by atoms with van der Waals surface area (Å²) in [5.74, 6) is -2.71. The highest BCUT2D eigenvalue weighted by Gasteiger charge is 2.36. The predicted octanol–water partition coefficient (Wildman–Crippen LogP) is 5.18. The van der Waals surface area contributed by atoms with E-state index < -0.39 is 27.6 Å². The highest BCUT2D eigenvalue weighted by atomic mass is 32.2. The molecule has 0 bridgehead atoms. The lowest BCUT2D eigenvalue weighted by molar-refractivity contribution is -0.0387. The minimum absolute atomic E-state index is 0.0984. The largest absolute Gasteiger partial charge is 0.444 e. The summed E-state index contributed by atoms with van der Waals surface area (Å²) < 4.78 is 61.2. The summed E-state index contributed by atoms with van der Waals surface area (Å²) in [5.41, 5.74) is 1.14. The molecule has 2 aromatic rings. The number of thiazole rings is 1. The highest BCUT2D eigenvalue weighted by Crippen LogP contribution is 2.35. The predicted molar refractivity (Wildman–Crippen MR) is 128 cm³/mol. The number of carbonyl (C=O) groups excluding carboxylic acids is 1. The van der Waals surface area contributed by atoms with Crippen LogP contribution in [0, 0.1) is 0 Å². The van der Waals surface area contributed by atoms with Crippen LogP contribution in [0.15, 0.2) is 29.2 Å². The summed E-state index contributed by atoms with van der Waals surface area (Å²) in [5, 5.41) is 0.788. The van der Waals surface area contributed by atoms with Crippen LogP contribution in [0.25, 0.3) is 15.8 Å². The summed E-state index contributed by atoms with van der Waals surface area (Å²) in [7, 11) is -3.82. The Hall–Kier alpha value is -2.11. The minimum atomic E-state index is -3.82. The molecule has 1 aromatic heterocycles. The van der Waals surface area contributed by atoms with Crippen molar-refractivity contribution in [1.29, 1.82) is 0 Å². The number of aromatic nitrogens is 1. The van der Waals surface area contributed by atoms with Gasteiger partial charge in [0, 0.05) is 32.0 Å². The Kier molecular flexibility index (Phi) is 6.73. The molecule has 0 unspecified atom stereocenters. The summed E-state index contributed by atoms with van der Waals surface area (Å²) >= 11 is 1.39. The fourth-order valence-electron chi connectivity index (χ4n) is 4.01. The second-order valence-corrected chi connectivity index (χ2v) is 12.6. The van der Waals surface area contributed by atoms with Crippen LogP contribution in [-0.2, 0) is 14.8 Å². The zero-order valence-electron chi connectivity index (χ0n) is 19.4. The number of alkyl halides is 2. The SMILES string of the molecule is CC(C)(C)OC(=O)N1CC=C(c2nc3ccc(S(=O)(=O)NC4CCC(F)(F)CC4)cc3s2)CC1. The van der Waals surface area contributed by atoms with Crippen molar-refractivity contribution in [2.75, 3.05) is 13.1 Å². The normalized spacial score (nSPS) is 19.8. The fraction of sp³-hybridized carbons (Fsp3) is 0.565. The van der Waals surface area contributed by atoms with Crippen molar-refractivity contribution < 1.29 is 26.7 Å². The van der Waals surface area contributed by atoms with E-state index in [4.69, 9.17) is 4.74 Å². The van der Waals surface area contributed by atoms with E-state index in [1.165, 1.54) is 17.4 Å². The maximum Gasteiger partial charge on any atom is 0.410 e. The van der Waals surface area contributed by atoms with Gasteiger partial charge in [0.15, 0.2) is 0 Å². The number of sulfonamides is 1. The Morgan fingerprint density at radius 1 is 1.26 bits per heavy atom. The number of fused-ring (bicyclic) bond motifs is 1. The fourth-order valence-corrected chi connectivity index (χ4v) is 6.49. The van der Waals surface area contributed by atoms with Gasteiger partial charge in [0.05, 0.1) is 15.1 Å². The smallest absolute Gasteiger partial charge is 0.410 e. The van der Waals surface area contributed by atoms with Gasteiger partial charge in [0.25, 0.3) is 0 Å². The van der Waals surface area contributed by atoms with Crippen LogP contribution in [0.2, 0.25) is 0 Å². The van der Waals surface area contributed by atoms with Gasteiger partial charge in [-0.15, -0.1) is 11.3 Å². The molecule has 0 atom stereocenters. The molecule has 1 aliphatic carbocycles. The third-order valence-corrected chi connectivity index (χ3v) is 8.46. The molecule has 4 rings (SSSR count). The molecule has 186 valence electrons. The maximum atomic E-state index is 13.4. The second-order valence-electron chi connectivity index (χ2n) is 9.81. The lowest BCUT2D eigenvalue weighted by atomic mass is 9.93. The molecule has 11 heteroatoms. The van der Waals surface area contributed by atoms with Gasteiger partial charge in [-0.2, -0.15) is 0 Å². The van der Waals surface area contributed by atoms with Crippen molar-refractivity contribution in [2.45, 2.75) is 75.3 Å². The number of hydrogen-bond acceptors (Lipinski definition) is 6. The van der Waals surface area contributed by atoms with E-state index in [0.29, 0.717) is 25.0 Å². The van der Waals surface area contributed by atoms with Crippen LogP contribution in [0.1, 0.15) is 57.9 Å². The van der Waals surface area contributed by atoms with Crippen molar-refractivity contribution in [2.24, 2.45) is 0 Å². The number of hydrogen-bond donors (Lipinski definition) is 1. The molecular weight excluding hydrogens is 484 g/mol. The van der Waals surface area contributed by atoms with E-state index in [2.05, 4.69) is 9.71 Å². The number of benzene rings is 1. The molecule has 1 aliphatic heterocycles. The average molecular weight is 514 g/mol. The van der Waals surface area contributed by atoms with Crippen LogP contribution in [0.5, 0.6) is 0 Å². The molecule has 34 heavy (non-hydrogen) atoms. The molecule has 1 saturated carbocycles. The number of halogens is 2. The third-order valence-electron chi connectivity index (χ3n) is 5.84. The minimum Gasteiger partial charge on any atom is -0.444 e. The first-order valence-electron chi connectivity index (χ1n) is 11.3. The number of carbonyl (C=O) groups is 1. The first-order chi connectivity index (χ1) is 15.8. The van der Waals surface area contributed by atoms with Crippen LogP contribution >= 0.6 is 11.3 Å². The van der Waals surface area contributed by atoms with Crippen LogP contribution in [0.3, 0.4) is 0 Å². The Morgan fingerprint density at radius 3 is 2.59 bits per heavy atom. The summed E-state index contributed by atoms with van der Waals surface area (Å²) in [6.07, 6.45) is 1.84. The molecule has 2 heterocycles. The molecule has 0 spiro atoms. The first kappa shape index (κ1) is 25.0. The zero-order valence-corrected chi connectivity index (χ0v) is 21.1. The van der Waals surface area contributed by atoms with E-state index in [0.717, 1.165) is 15.3 Å². The van der Waals surface area contributed by atoms with Gasteiger partial charge in [-0.05, 0) is 63.8 Å². The quantitative estimate of drug-likeness (QED) is 0.609. The van der Waals surface area contributed by atoms with Crippen molar-refractivity contribution in [1.82, 2.24) is 14.6 Å². The third kappa shape index (κ3) is 5.92. The molecular formula is C23H29F2N3O4S2. The lowest BCUT2D eigenvalue weighted by Crippen LogP contribution is -2.40. The van der Waals surface area contributed by atoms with Crippen LogP contribution in [0.4, 0.5) is 13.6 Å². The standard InChI is InChI=1S/C23H29F2N3O4S2/c1-22(2,3)32-21(29)28-12-8-15(9-13-28)20-26-18-5-4-17(14-19(18)33-20)34(30,31)27-16-6-10-23(24,25)11-7-16/h4-5,8,14,16,27H,6-7,9-13H2,1-3H3. The van der Waals surface area contributed by atoms with Crippen molar-refractivity contribution in [3.63, 3.8) is 0 Å². The first-order valence-corrected chi connectivity index (χ1v) is 13.6. The van der Waals surface area contributed by atoms with E-state index in [1.54, 1.807) is 17.0 Å². The van der Waals surface area contributed by atoms with Gasteiger partial charge in [-0.3, -0.25) is 0 Å². The van der Waals surface area contributed by atoms with Crippen molar-refractivity contribution in [3.8, 4) is 0 Å². The summed E-state index contributed by atoms with van der Waals surface area (Å²) in [6.45, 7) is 6.42. The molecule has 1 N–H and O–H groups in total. The van der Waals surface area contributed by atoms with Gasteiger partial charge < -0.3 is 9.64 Å². The number of nitrogens with one attached hydrogen (secondary N) is 1. The lowest BCUT2D eigenvalue weighted by Gasteiger charge is -2.29. The van der Waals surface area contributed by atoms with Gasteiger partial charge in [0.2, 0.25) is 15.9 Å². The number of rotatable bonds is 4. The number of amides is 1. The Balaban J connectivity index is 1.46. The van der Waals surface area contributed by atoms with Gasteiger partial charge in [0.1, 0.15) is 10.6 Å². The van der Waals surface area contributed by atoms with Crippen molar-refractivity contribution in [3.05, 3.63) is 29.3 Å². The Bertz CT molecular complexity index is 1210. The maximum absolute atomic E-state index is 13.4. The highest BCUT2D eigenvalue weighted by molar-refractivity contribution is 7.89. The van der Waals surface area contributed by atoms with Crippen LogP contribution < -0.4 is 4.72 Å². The van der Waals surface area contributed by atoms with E-state index in [1.807, 2.05) is 26.8 Å². The molecule has 0 saturated heterocycles. The van der Waals surface area contributed by atoms with Crippen molar-refractivity contribution >= 4 is 43.2 Å². The molecule has 2 aliphatic rings.